The van der Waals surface area contributed by atoms with E-state index in [4.69, 9.17) is 27.0 Å². The van der Waals surface area contributed by atoms with Gasteiger partial charge in [0.2, 0.25) is 5.89 Å². The number of nitrogens with zero attached hydrogens (tertiary/aromatic N) is 2. The SMILES string of the molecule is N#Cc1cccc(-c2nc3cc(Cl)c(N)cc3o2)c1. The molecule has 0 saturated carbocycles. The summed E-state index contributed by atoms with van der Waals surface area (Å²) in [6.07, 6.45) is 0. The van der Waals surface area contributed by atoms with Crippen LogP contribution in [-0.2, 0) is 0 Å². The Hall–Kier alpha value is -2.51. The average Bonchev–Trinajstić information content (AvgIpc) is 2.82. The Labute approximate surface area is 114 Å². The number of hydrogen-bond acceptors (Lipinski definition) is 4. The summed E-state index contributed by atoms with van der Waals surface area (Å²) < 4.78 is 5.63. The summed E-state index contributed by atoms with van der Waals surface area (Å²) in [5, 5.41) is 9.33. The fraction of sp³-hybridized carbons (Fsp3) is 0. The number of halogens is 1. The molecule has 4 nitrogen and oxygen atoms in total. The normalized spacial score (nSPS) is 10.5. The van der Waals surface area contributed by atoms with Gasteiger partial charge >= 0.3 is 0 Å². The maximum absolute atomic E-state index is 8.89. The average molecular weight is 270 g/mol. The molecule has 3 aromatic rings. The van der Waals surface area contributed by atoms with Gasteiger partial charge in [-0.1, -0.05) is 17.7 Å². The van der Waals surface area contributed by atoms with Gasteiger partial charge < -0.3 is 10.2 Å². The number of nitrogen functional groups attached to an aromatic ring is 1. The van der Waals surface area contributed by atoms with Gasteiger partial charge in [-0.25, -0.2) is 4.98 Å². The smallest absolute Gasteiger partial charge is 0.227 e. The van der Waals surface area contributed by atoms with Crippen molar-refractivity contribution in [2.45, 2.75) is 0 Å². The Balaban J connectivity index is 2.18. The number of anilines is 1. The number of benzene rings is 2. The van der Waals surface area contributed by atoms with Crippen LogP contribution in [0, 0.1) is 11.3 Å². The second-order valence-electron chi connectivity index (χ2n) is 4.05. The van der Waals surface area contributed by atoms with Gasteiger partial charge in [0.1, 0.15) is 5.52 Å². The largest absolute Gasteiger partial charge is 0.436 e. The zero-order chi connectivity index (χ0) is 13.4. The highest BCUT2D eigenvalue weighted by Crippen LogP contribution is 2.29. The van der Waals surface area contributed by atoms with Gasteiger partial charge in [-0.3, -0.25) is 0 Å². The number of rotatable bonds is 1. The van der Waals surface area contributed by atoms with Crippen LogP contribution in [0.5, 0.6) is 0 Å². The van der Waals surface area contributed by atoms with Crippen molar-refractivity contribution in [1.82, 2.24) is 4.98 Å². The maximum Gasteiger partial charge on any atom is 0.227 e. The molecule has 0 unspecified atom stereocenters. The van der Waals surface area contributed by atoms with Gasteiger partial charge in [0.15, 0.2) is 5.58 Å². The van der Waals surface area contributed by atoms with Crippen LogP contribution in [0.3, 0.4) is 0 Å². The highest BCUT2D eigenvalue weighted by molar-refractivity contribution is 6.33. The summed E-state index contributed by atoms with van der Waals surface area (Å²) in [5.74, 6) is 0.439. The van der Waals surface area contributed by atoms with Crippen molar-refractivity contribution < 1.29 is 4.42 Å². The molecule has 0 fully saturated rings. The molecule has 0 atom stereocenters. The van der Waals surface area contributed by atoms with Gasteiger partial charge in [-0.05, 0) is 24.3 Å². The van der Waals surface area contributed by atoms with Crippen LogP contribution in [0.1, 0.15) is 5.56 Å². The molecule has 0 bridgehead atoms. The van der Waals surface area contributed by atoms with Gasteiger partial charge in [0, 0.05) is 11.6 Å². The van der Waals surface area contributed by atoms with Crippen LogP contribution >= 0.6 is 11.6 Å². The topological polar surface area (TPSA) is 75.8 Å². The molecule has 0 radical (unpaired) electrons. The molecule has 1 heterocycles. The number of hydrogen-bond donors (Lipinski definition) is 1. The van der Waals surface area contributed by atoms with Crippen molar-refractivity contribution in [2.24, 2.45) is 0 Å². The van der Waals surface area contributed by atoms with E-state index in [9.17, 15) is 0 Å². The fourth-order valence-corrected chi connectivity index (χ4v) is 1.97. The Morgan fingerprint density at radius 1 is 1.26 bits per heavy atom. The minimum absolute atomic E-state index is 0.439. The lowest BCUT2D eigenvalue weighted by Gasteiger charge is -1.95. The second-order valence-corrected chi connectivity index (χ2v) is 4.46. The van der Waals surface area contributed by atoms with Gasteiger partial charge in [-0.15, -0.1) is 0 Å². The van der Waals surface area contributed by atoms with E-state index in [1.165, 1.54) is 0 Å². The lowest BCUT2D eigenvalue weighted by atomic mass is 10.1. The predicted octanol–water partition coefficient (Wildman–Crippen LogP) is 3.60. The van der Waals surface area contributed by atoms with Crippen molar-refractivity contribution in [3.05, 3.63) is 47.0 Å². The van der Waals surface area contributed by atoms with Crippen LogP contribution in [0.15, 0.2) is 40.8 Å². The van der Waals surface area contributed by atoms with Gasteiger partial charge in [0.25, 0.3) is 0 Å². The monoisotopic (exact) mass is 269 g/mol. The van der Waals surface area contributed by atoms with Gasteiger partial charge in [0.05, 0.1) is 22.3 Å². The van der Waals surface area contributed by atoms with Crippen molar-refractivity contribution >= 4 is 28.4 Å². The number of nitriles is 1. The van der Waals surface area contributed by atoms with Crippen molar-refractivity contribution in [3.63, 3.8) is 0 Å². The van der Waals surface area contributed by atoms with E-state index in [1.807, 2.05) is 6.07 Å². The van der Waals surface area contributed by atoms with Crippen LogP contribution < -0.4 is 5.73 Å². The summed E-state index contributed by atoms with van der Waals surface area (Å²) in [6, 6.07) is 12.4. The molecule has 92 valence electrons. The van der Waals surface area contributed by atoms with E-state index < -0.39 is 0 Å². The first-order chi connectivity index (χ1) is 9.17. The lowest BCUT2D eigenvalue weighted by molar-refractivity contribution is 0.620. The molecule has 0 saturated heterocycles. The quantitative estimate of drug-likeness (QED) is 0.685. The summed E-state index contributed by atoms with van der Waals surface area (Å²) >= 11 is 5.94. The minimum atomic E-state index is 0.439. The molecule has 19 heavy (non-hydrogen) atoms. The van der Waals surface area contributed by atoms with E-state index in [2.05, 4.69) is 11.1 Å². The molecule has 0 aliphatic heterocycles. The zero-order valence-corrected chi connectivity index (χ0v) is 10.5. The molecular weight excluding hydrogens is 262 g/mol. The Kier molecular flexibility index (Phi) is 2.62. The third-order valence-corrected chi connectivity index (χ3v) is 3.07. The van der Waals surface area contributed by atoms with Crippen molar-refractivity contribution in [3.8, 4) is 17.5 Å². The molecule has 1 aromatic heterocycles. The van der Waals surface area contributed by atoms with Crippen molar-refractivity contribution in [2.75, 3.05) is 5.73 Å². The lowest BCUT2D eigenvalue weighted by Crippen LogP contribution is -1.84. The molecule has 5 heteroatoms. The standard InChI is InChI=1S/C14H8ClN3O/c15-10-5-12-13(6-11(10)17)19-14(18-12)9-3-1-2-8(4-9)7-16/h1-6H,17H2. The number of fused-ring (bicyclic) bond motifs is 1. The predicted molar refractivity (Wildman–Crippen MR) is 73.6 cm³/mol. The number of aromatic nitrogens is 1. The molecule has 0 amide bonds. The van der Waals surface area contributed by atoms with Crippen LogP contribution in [0.25, 0.3) is 22.6 Å². The maximum atomic E-state index is 8.89. The summed E-state index contributed by atoms with van der Waals surface area (Å²) in [6.45, 7) is 0. The Morgan fingerprint density at radius 2 is 2.11 bits per heavy atom. The molecule has 2 aromatic carbocycles. The van der Waals surface area contributed by atoms with E-state index in [0.717, 1.165) is 5.56 Å². The summed E-state index contributed by atoms with van der Waals surface area (Å²) in [7, 11) is 0. The third-order valence-electron chi connectivity index (χ3n) is 2.75. The molecule has 0 aliphatic carbocycles. The van der Waals surface area contributed by atoms with Crippen LogP contribution in [0.4, 0.5) is 5.69 Å². The van der Waals surface area contributed by atoms with E-state index >= 15 is 0 Å². The van der Waals surface area contributed by atoms with E-state index in [-0.39, 0.29) is 0 Å². The molecule has 3 rings (SSSR count). The molecule has 2 N–H and O–H groups in total. The molecular formula is C14H8ClN3O. The number of oxazole rings is 1. The summed E-state index contributed by atoms with van der Waals surface area (Å²) in [4.78, 5) is 4.34. The molecule has 0 spiro atoms. The first-order valence-corrected chi connectivity index (χ1v) is 5.91. The Morgan fingerprint density at radius 3 is 2.89 bits per heavy atom. The van der Waals surface area contributed by atoms with E-state index in [1.54, 1.807) is 30.3 Å². The molecule has 0 aliphatic rings. The highest BCUT2D eigenvalue weighted by atomic mass is 35.5. The first-order valence-electron chi connectivity index (χ1n) is 5.53. The van der Waals surface area contributed by atoms with E-state index in [0.29, 0.717) is 33.3 Å². The third kappa shape index (κ3) is 2.01. The van der Waals surface area contributed by atoms with Gasteiger partial charge in [-0.2, -0.15) is 5.26 Å². The first kappa shape index (κ1) is 11.6. The number of nitrogens with two attached hydrogens (primary N) is 1. The van der Waals surface area contributed by atoms with Crippen LogP contribution in [-0.4, -0.2) is 4.98 Å². The Bertz CT molecular complexity index is 778. The fourth-order valence-electron chi connectivity index (χ4n) is 1.81. The zero-order valence-electron chi connectivity index (χ0n) is 9.72. The minimum Gasteiger partial charge on any atom is -0.436 e. The van der Waals surface area contributed by atoms with Crippen molar-refractivity contribution in [1.29, 1.82) is 5.26 Å². The highest BCUT2D eigenvalue weighted by Gasteiger charge is 2.10. The second kappa shape index (κ2) is 4.30. The summed E-state index contributed by atoms with van der Waals surface area (Å²) in [5.41, 5.74) is 8.66. The van der Waals surface area contributed by atoms with Crippen LogP contribution in [0.2, 0.25) is 5.02 Å².